The monoisotopic (exact) mass is 456 g/mol. The van der Waals surface area contributed by atoms with Crippen LogP contribution in [0.25, 0.3) is 0 Å². The van der Waals surface area contributed by atoms with Gasteiger partial charge in [0.05, 0.1) is 0 Å². The molecule has 6 nitrogen and oxygen atoms in total. The molecule has 0 saturated heterocycles. The van der Waals surface area contributed by atoms with Crippen molar-refractivity contribution in [2.75, 3.05) is 18.4 Å². The topological polar surface area (TPSA) is 78.9 Å². The Kier molecular flexibility index (Phi) is 9.91. The summed E-state index contributed by atoms with van der Waals surface area (Å²) in [4.78, 5) is 25.8. The van der Waals surface area contributed by atoms with Gasteiger partial charge in [-0.3, -0.25) is 0 Å². The van der Waals surface area contributed by atoms with E-state index in [0.717, 1.165) is 31.2 Å². The van der Waals surface area contributed by atoms with E-state index < -0.39 is 11.6 Å². The van der Waals surface area contributed by atoms with Crippen LogP contribution in [-0.2, 0) is 11.2 Å². The first-order chi connectivity index (χ1) is 15.7. The van der Waals surface area contributed by atoms with E-state index in [4.69, 9.17) is 4.74 Å². The lowest BCUT2D eigenvalue weighted by Crippen LogP contribution is -2.38. The Hall–Kier alpha value is -3.35. The highest BCUT2D eigenvalue weighted by atomic mass is 19.1. The van der Waals surface area contributed by atoms with Crippen LogP contribution in [0.3, 0.4) is 0 Å². The van der Waals surface area contributed by atoms with E-state index in [1.54, 1.807) is 17.0 Å². The molecule has 0 fully saturated rings. The van der Waals surface area contributed by atoms with Crippen molar-refractivity contribution in [3.63, 3.8) is 0 Å². The zero-order valence-corrected chi connectivity index (χ0v) is 19.4. The molecule has 0 unspecified atom stereocenters. The Morgan fingerprint density at radius 1 is 1.06 bits per heavy atom. The summed E-state index contributed by atoms with van der Waals surface area (Å²) in [5.41, 5.74) is 0.227. The Morgan fingerprint density at radius 3 is 2.33 bits per heavy atom. The Morgan fingerprint density at radius 2 is 1.73 bits per heavy atom. The molecule has 0 radical (unpaired) electrons. The third kappa shape index (κ3) is 8.96. The van der Waals surface area contributed by atoms with Crippen LogP contribution in [0.15, 0.2) is 61.2 Å². The van der Waals surface area contributed by atoms with E-state index in [0.29, 0.717) is 30.9 Å². The summed E-state index contributed by atoms with van der Waals surface area (Å²) in [5, 5.41) is 12.0. The number of rotatable bonds is 13. The van der Waals surface area contributed by atoms with E-state index in [9.17, 15) is 19.1 Å². The Balaban J connectivity index is 1.97. The largest absolute Gasteiger partial charge is 0.478 e. The minimum atomic E-state index is -1.32. The summed E-state index contributed by atoms with van der Waals surface area (Å²) >= 11 is 0. The lowest BCUT2D eigenvalue weighted by Gasteiger charge is -2.24. The number of nitrogens with one attached hydrogen (secondary N) is 1. The lowest BCUT2D eigenvalue weighted by atomic mass is 10.1. The normalized spacial score (nSPS) is 11.0. The SMILES string of the molecule is C=CCCCCCN(CCc1ccc(OC(C)(C)C(=O)O)cc1)C(=O)Nc1ccc(F)cc1. The van der Waals surface area contributed by atoms with Gasteiger partial charge in [-0.15, -0.1) is 6.58 Å². The van der Waals surface area contributed by atoms with E-state index in [1.807, 2.05) is 18.2 Å². The van der Waals surface area contributed by atoms with E-state index in [-0.39, 0.29) is 11.8 Å². The number of hydrogen-bond donors (Lipinski definition) is 2. The predicted molar refractivity (Wildman–Crippen MR) is 128 cm³/mol. The van der Waals surface area contributed by atoms with Gasteiger partial charge in [-0.25, -0.2) is 14.0 Å². The molecule has 0 aliphatic rings. The van der Waals surface area contributed by atoms with Crippen LogP contribution in [0.5, 0.6) is 5.75 Å². The highest BCUT2D eigenvalue weighted by molar-refractivity contribution is 5.89. The number of anilines is 1. The number of aliphatic carboxylic acids is 1. The van der Waals surface area contributed by atoms with Crippen LogP contribution in [0.4, 0.5) is 14.9 Å². The molecule has 0 bridgehead atoms. The average molecular weight is 457 g/mol. The Labute approximate surface area is 195 Å². The number of nitrogens with zero attached hydrogens (tertiary/aromatic N) is 1. The number of ether oxygens (including phenoxy) is 1. The molecule has 2 aromatic rings. The van der Waals surface area contributed by atoms with Gasteiger partial charge in [-0.2, -0.15) is 0 Å². The summed E-state index contributed by atoms with van der Waals surface area (Å²) in [5.74, 6) is -0.923. The zero-order chi connectivity index (χ0) is 24.3. The van der Waals surface area contributed by atoms with Crippen LogP contribution < -0.4 is 10.1 Å². The van der Waals surface area contributed by atoms with Crippen LogP contribution in [0, 0.1) is 5.82 Å². The zero-order valence-electron chi connectivity index (χ0n) is 19.4. The van der Waals surface area contributed by atoms with Crippen molar-refractivity contribution in [2.24, 2.45) is 0 Å². The number of carbonyl (C=O) groups excluding carboxylic acids is 1. The maximum Gasteiger partial charge on any atom is 0.347 e. The van der Waals surface area contributed by atoms with Crippen molar-refractivity contribution in [3.05, 3.63) is 72.6 Å². The molecule has 0 heterocycles. The molecule has 0 aromatic heterocycles. The van der Waals surface area contributed by atoms with Crippen molar-refractivity contribution in [2.45, 2.75) is 51.6 Å². The first-order valence-corrected chi connectivity index (χ1v) is 11.1. The van der Waals surface area contributed by atoms with Gasteiger partial charge < -0.3 is 20.1 Å². The third-order valence-corrected chi connectivity index (χ3v) is 5.20. The van der Waals surface area contributed by atoms with Crippen LogP contribution in [0.1, 0.15) is 45.1 Å². The minimum absolute atomic E-state index is 0.228. The molecule has 0 aliphatic carbocycles. The van der Waals surface area contributed by atoms with Crippen molar-refractivity contribution >= 4 is 17.7 Å². The minimum Gasteiger partial charge on any atom is -0.478 e. The standard InChI is InChI=1S/C26H33FN2O4/c1-4-5-6-7-8-18-29(25(32)28-22-13-11-21(27)12-14-22)19-17-20-9-15-23(16-10-20)33-26(2,3)24(30)31/h4,9-16H,1,5-8,17-19H2,2-3H3,(H,28,32)(H,30,31). The fourth-order valence-electron chi connectivity index (χ4n) is 3.15. The van der Waals surface area contributed by atoms with Crippen molar-refractivity contribution < 1.29 is 23.8 Å². The van der Waals surface area contributed by atoms with Gasteiger partial charge in [0.1, 0.15) is 11.6 Å². The first-order valence-electron chi connectivity index (χ1n) is 11.1. The number of urea groups is 1. The smallest absolute Gasteiger partial charge is 0.347 e. The lowest BCUT2D eigenvalue weighted by molar-refractivity contribution is -0.152. The molecule has 2 aromatic carbocycles. The second-order valence-corrected chi connectivity index (χ2v) is 8.37. The second-order valence-electron chi connectivity index (χ2n) is 8.37. The molecule has 178 valence electrons. The quantitative estimate of drug-likeness (QED) is 0.291. The molecule has 2 N–H and O–H groups in total. The molecular weight excluding hydrogens is 423 g/mol. The van der Waals surface area contributed by atoms with Crippen molar-refractivity contribution in [1.29, 1.82) is 0 Å². The molecule has 7 heteroatoms. The highest BCUT2D eigenvalue weighted by Crippen LogP contribution is 2.20. The molecule has 33 heavy (non-hydrogen) atoms. The number of carbonyl (C=O) groups is 2. The van der Waals surface area contributed by atoms with E-state index in [2.05, 4.69) is 11.9 Å². The fourth-order valence-corrected chi connectivity index (χ4v) is 3.15. The number of halogens is 1. The van der Waals surface area contributed by atoms with E-state index >= 15 is 0 Å². The van der Waals surface area contributed by atoms with Crippen molar-refractivity contribution in [1.82, 2.24) is 4.90 Å². The predicted octanol–water partition coefficient (Wildman–Crippen LogP) is 5.89. The highest BCUT2D eigenvalue weighted by Gasteiger charge is 2.29. The second kappa shape index (κ2) is 12.6. The van der Waals surface area contributed by atoms with Gasteiger partial charge in [0.15, 0.2) is 5.60 Å². The molecule has 0 atom stereocenters. The van der Waals surface area contributed by atoms with Crippen LogP contribution in [-0.4, -0.2) is 40.7 Å². The number of allylic oxidation sites excluding steroid dienone is 1. The average Bonchev–Trinajstić information content (AvgIpc) is 2.78. The maximum absolute atomic E-state index is 13.2. The molecule has 0 saturated carbocycles. The fraction of sp³-hybridized carbons (Fsp3) is 0.385. The van der Waals surface area contributed by atoms with Gasteiger partial charge >= 0.3 is 12.0 Å². The maximum atomic E-state index is 13.2. The number of unbranched alkanes of at least 4 members (excludes halogenated alkanes) is 3. The summed E-state index contributed by atoms with van der Waals surface area (Å²) in [6, 6.07) is 12.7. The number of carboxylic acid groups (broad SMARTS) is 1. The van der Waals surface area contributed by atoms with Gasteiger partial charge in [-0.1, -0.05) is 24.6 Å². The van der Waals surface area contributed by atoms with Gasteiger partial charge in [0.25, 0.3) is 0 Å². The van der Waals surface area contributed by atoms with Crippen LogP contribution >= 0.6 is 0 Å². The van der Waals surface area contributed by atoms with Crippen LogP contribution in [0.2, 0.25) is 0 Å². The van der Waals surface area contributed by atoms with E-state index in [1.165, 1.54) is 38.1 Å². The Bertz CT molecular complexity index is 911. The first kappa shape index (κ1) is 25.9. The number of amides is 2. The summed E-state index contributed by atoms with van der Waals surface area (Å²) in [6.45, 7) is 7.84. The summed E-state index contributed by atoms with van der Waals surface area (Å²) in [7, 11) is 0. The van der Waals surface area contributed by atoms with Gasteiger partial charge in [-0.05, 0) is 81.5 Å². The summed E-state index contributed by atoms with van der Waals surface area (Å²) < 4.78 is 18.7. The molecule has 2 rings (SSSR count). The van der Waals surface area contributed by atoms with Gasteiger partial charge in [0, 0.05) is 18.8 Å². The molecule has 0 aliphatic heterocycles. The summed E-state index contributed by atoms with van der Waals surface area (Å²) in [6.07, 6.45) is 6.38. The van der Waals surface area contributed by atoms with Crippen molar-refractivity contribution in [3.8, 4) is 5.75 Å². The molecular formula is C26H33FN2O4. The molecule has 2 amide bonds. The van der Waals surface area contributed by atoms with Gasteiger partial charge in [0.2, 0.25) is 0 Å². The number of carboxylic acids is 1. The third-order valence-electron chi connectivity index (χ3n) is 5.20. The number of hydrogen-bond acceptors (Lipinski definition) is 3. The molecule has 0 spiro atoms. The number of benzene rings is 2.